The van der Waals surface area contributed by atoms with Gasteiger partial charge in [-0.15, -0.1) is 0 Å². The van der Waals surface area contributed by atoms with Gasteiger partial charge >= 0.3 is 6.18 Å². The van der Waals surface area contributed by atoms with Gasteiger partial charge in [-0.1, -0.05) is 40.2 Å². The third-order valence-electron chi connectivity index (χ3n) is 4.14. The maximum atomic E-state index is 12.8. The fraction of sp³-hybridized carbons (Fsp3) is 0.111. The molecule has 132 valence electrons. The predicted molar refractivity (Wildman–Crippen MR) is 95.3 cm³/mol. The molecule has 0 amide bonds. The minimum Gasteiger partial charge on any atom is -0.324 e. The lowest BCUT2D eigenvalue weighted by molar-refractivity contribution is -0.137. The maximum absolute atomic E-state index is 12.8. The summed E-state index contributed by atoms with van der Waals surface area (Å²) in [5, 5.41) is 7.40. The quantitative estimate of drug-likeness (QED) is 0.625. The average molecular weight is 421 g/mol. The van der Waals surface area contributed by atoms with Gasteiger partial charge in [-0.3, -0.25) is 0 Å². The van der Waals surface area contributed by atoms with Gasteiger partial charge in [-0.25, -0.2) is 4.68 Å². The summed E-state index contributed by atoms with van der Waals surface area (Å²) in [4.78, 5) is 4.19. The first-order valence-corrected chi connectivity index (χ1v) is 8.52. The van der Waals surface area contributed by atoms with Crippen molar-refractivity contribution in [2.45, 2.75) is 12.2 Å². The Bertz CT molecular complexity index is 959. The van der Waals surface area contributed by atoms with E-state index in [1.165, 1.54) is 18.5 Å². The summed E-state index contributed by atoms with van der Waals surface area (Å²) in [6.45, 7) is 0. The normalized spacial score (nSPS) is 16.6. The van der Waals surface area contributed by atoms with Crippen molar-refractivity contribution in [2.75, 3.05) is 5.32 Å². The largest absolute Gasteiger partial charge is 0.416 e. The highest BCUT2D eigenvalue weighted by Gasteiger charge is 2.31. The van der Waals surface area contributed by atoms with E-state index in [1.807, 2.05) is 30.3 Å². The molecule has 4 rings (SSSR count). The Balaban J connectivity index is 1.75. The fourth-order valence-electron chi connectivity index (χ4n) is 2.84. The highest BCUT2D eigenvalue weighted by molar-refractivity contribution is 9.10. The number of allylic oxidation sites excluding steroid dienone is 1. The van der Waals surface area contributed by atoms with Gasteiger partial charge in [0.2, 0.25) is 5.95 Å². The number of fused-ring (bicyclic) bond motifs is 1. The number of halogens is 4. The molecule has 1 atom stereocenters. The van der Waals surface area contributed by atoms with Crippen molar-refractivity contribution in [2.24, 2.45) is 0 Å². The number of alkyl halides is 3. The Morgan fingerprint density at radius 2 is 1.69 bits per heavy atom. The van der Waals surface area contributed by atoms with Crippen molar-refractivity contribution < 1.29 is 13.2 Å². The van der Waals surface area contributed by atoms with E-state index >= 15 is 0 Å². The van der Waals surface area contributed by atoms with Crippen molar-refractivity contribution in [1.29, 1.82) is 0 Å². The van der Waals surface area contributed by atoms with Gasteiger partial charge in [-0.2, -0.15) is 23.3 Å². The second-order valence-corrected chi connectivity index (χ2v) is 6.72. The first-order chi connectivity index (χ1) is 12.4. The second-order valence-electron chi connectivity index (χ2n) is 5.81. The average Bonchev–Trinajstić information content (AvgIpc) is 3.09. The third kappa shape index (κ3) is 3.12. The van der Waals surface area contributed by atoms with Crippen LogP contribution >= 0.6 is 15.9 Å². The van der Waals surface area contributed by atoms with Crippen LogP contribution in [0.5, 0.6) is 0 Å². The molecular formula is C18H12BrF3N4. The smallest absolute Gasteiger partial charge is 0.324 e. The van der Waals surface area contributed by atoms with Crippen LogP contribution in [0.1, 0.15) is 22.7 Å². The lowest BCUT2D eigenvalue weighted by Gasteiger charge is -2.24. The fourth-order valence-corrected chi connectivity index (χ4v) is 3.10. The molecule has 0 radical (unpaired) electrons. The van der Waals surface area contributed by atoms with E-state index in [9.17, 15) is 13.2 Å². The molecule has 0 fully saturated rings. The number of nitrogens with one attached hydrogen (secondary N) is 1. The van der Waals surface area contributed by atoms with E-state index in [0.29, 0.717) is 11.5 Å². The standard InChI is InChI=1S/C18H12BrF3N4/c19-14-7-3-11(4-8-14)15-9-16(26-17(25-15)23-10-24-26)12-1-5-13(6-2-12)18(20,21)22/h1-10,16H,(H,23,24,25)/t16-/m1/s1. The van der Waals surface area contributed by atoms with Gasteiger partial charge in [0.25, 0.3) is 0 Å². The van der Waals surface area contributed by atoms with Crippen molar-refractivity contribution in [1.82, 2.24) is 14.8 Å². The van der Waals surface area contributed by atoms with E-state index in [1.54, 1.807) is 4.68 Å². The molecular weight excluding hydrogens is 409 g/mol. The molecule has 8 heteroatoms. The lowest BCUT2D eigenvalue weighted by Crippen LogP contribution is -2.20. The molecule has 0 aliphatic carbocycles. The van der Waals surface area contributed by atoms with Gasteiger partial charge in [0, 0.05) is 10.2 Å². The van der Waals surface area contributed by atoms with Crippen molar-refractivity contribution >= 4 is 27.6 Å². The zero-order valence-corrected chi connectivity index (χ0v) is 14.8. The number of aromatic nitrogens is 3. The topological polar surface area (TPSA) is 42.7 Å². The highest BCUT2D eigenvalue weighted by Crippen LogP contribution is 2.34. The first kappa shape index (κ1) is 16.8. The molecule has 26 heavy (non-hydrogen) atoms. The molecule has 0 unspecified atom stereocenters. The van der Waals surface area contributed by atoms with E-state index in [4.69, 9.17) is 0 Å². The number of rotatable bonds is 2. The van der Waals surface area contributed by atoms with Crippen molar-refractivity contribution in [3.05, 3.63) is 82.1 Å². The van der Waals surface area contributed by atoms with Gasteiger partial charge in [0.05, 0.1) is 5.56 Å². The summed E-state index contributed by atoms with van der Waals surface area (Å²) >= 11 is 3.40. The number of hydrogen-bond donors (Lipinski definition) is 1. The van der Waals surface area contributed by atoms with Crippen LogP contribution in [0.3, 0.4) is 0 Å². The molecule has 0 saturated heterocycles. The number of anilines is 1. The maximum Gasteiger partial charge on any atom is 0.416 e. The predicted octanol–water partition coefficient (Wildman–Crippen LogP) is 5.12. The van der Waals surface area contributed by atoms with E-state index in [0.717, 1.165) is 27.9 Å². The summed E-state index contributed by atoms with van der Waals surface area (Å²) in [6, 6.07) is 12.5. The van der Waals surface area contributed by atoms with E-state index < -0.39 is 11.7 Å². The second kappa shape index (κ2) is 6.28. The Morgan fingerprint density at radius 3 is 2.35 bits per heavy atom. The van der Waals surface area contributed by atoms with Crippen LogP contribution < -0.4 is 5.32 Å². The van der Waals surface area contributed by atoms with Crippen LogP contribution in [0.2, 0.25) is 0 Å². The first-order valence-electron chi connectivity index (χ1n) is 7.73. The van der Waals surface area contributed by atoms with Crippen molar-refractivity contribution in [3.8, 4) is 0 Å². The molecule has 0 bridgehead atoms. The van der Waals surface area contributed by atoms with Crippen LogP contribution in [-0.4, -0.2) is 14.8 Å². The Hall–Kier alpha value is -2.61. The Morgan fingerprint density at radius 1 is 1.00 bits per heavy atom. The van der Waals surface area contributed by atoms with Crippen LogP contribution in [0.25, 0.3) is 5.70 Å². The molecule has 1 aromatic heterocycles. The Kier molecular flexibility index (Phi) is 4.07. The van der Waals surface area contributed by atoms with Crippen molar-refractivity contribution in [3.63, 3.8) is 0 Å². The summed E-state index contributed by atoms with van der Waals surface area (Å²) in [5.74, 6) is 0.537. The monoisotopic (exact) mass is 420 g/mol. The van der Waals surface area contributed by atoms with Crippen LogP contribution in [0.4, 0.5) is 19.1 Å². The Labute approximate surface area is 155 Å². The SMILES string of the molecule is FC(F)(F)c1ccc([C@H]2C=C(c3ccc(Br)cc3)Nc3ncnn32)cc1. The minimum atomic E-state index is -4.36. The lowest BCUT2D eigenvalue weighted by atomic mass is 10.0. The van der Waals surface area contributed by atoms with Crippen LogP contribution in [-0.2, 0) is 6.18 Å². The van der Waals surface area contributed by atoms with Crippen LogP contribution in [0, 0.1) is 0 Å². The van der Waals surface area contributed by atoms with Gasteiger partial charge in [-0.05, 0) is 41.5 Å². The van der Waals surface area contributed by atoms with E-state index in [-0.39, 0.29) is 6.04 Å². The molecule has 3 aromatic rings. The van der Waals surface area contributed by atoms with Gasteiger partial charge < -0.3 is 5.32 Å². The van der Waals surface area contributed by atoms with Gasteiger partial charge in [0.15, 0.2) is 0 Å². The summed E-state index contributed by atoms with van der Waals surface area (Å²) in [5.41, 5.74) is 1.79. The number of hydrogen-bond acceptors (Lipinski definition) is 3. The summed E-state index contributed by atoms with van der Waals surface area (Å²) in [7, 11) is 0. The van der Waals surface area contributed by atoms with Crippen LogP contribution in [0.15, 0.2) is 65.4 Å². The molecule has 1 aliphatic rings. The third-order valence-corrected chi connectivity index (χ3v) is 4.67. The van der Waals surface area contributed by atoms with E-state index in [2.05, 4.69) is 31.3 Å². The zero-order chi connectivity index (χ0) is 18.3. The molecule has 1 N–H and O–H groups in total. The van der Waals surface area contributed by atoms with Gasteiger partial charge in [0.1, 0.15) is 12.4 Å². The molecule has 4 nitrogen and oxygen atoms in total. The molecule has 2 aromatic carbocycles. The zero-order valence-electron chi connectivity index (χ0n) is 13.2. The molecule has 0 saturated carbocycles. The number of benzene rings is 2. The molecule has 0 spiro atoms. The minimum absolute atomic E-state index is 0.352. The summed E-state index contributed by atoms with van der Waals surface area (Å²) in [6.07, 6.45) is -1.02. The molecule has 1 aliphatic heterocycles. The number of nitrogens with zero attached hydrogens (tertiary/aromatic N) is 3. The summed E-state index contributed by atoms with van der Waals surface area (Å²) < 4.78 is 41.0. The molecule has 2 heterocycles. The highest BCUT2D eigenvalue weighted by atomic mass is 79.9.